The van der Waals surface area contributed by atoms with Gasteiger partial charge in [-0.15, -0.1) is 0 Å². The third-order valence-corrected chi connectivity index (χ3v) is 2.81. The fourth-order valence-electron chi connectivity index (χ4n) is 1.76. The van der Waals surface area contributed by atoms with Crippen molar-refractivity contribution in [1.29, 1.82) is 0 Å². The average Bonchev–Trinajstić information content (AvgIpc) is 2.46. The second-order valence-corrected chi connectivity index (χ2v) is 4.30. The minimum absolute atomic E-state index is 0.350. The van der Waals surface area contributed by atoms with E-state index in [-0.39, 0.29) is 11.2 Å². The number of aromatic carboxylic acids is 1. The molecule has 4 nitrogen and oxygen atoms in total. The van der Waals surface area contributed by atoms with Gasteiger partial charge in [-0.1, -0.05) is 42.5 Å². The van der Waals surface area contributed by atoms with Gasteiger partial charge in [-0.2, -0.15) is 0 Å². The molecule has 1 heterocycles. The third-order valence-electron chi connectivity index (χ3n) is 2.81. The van der Waals surface area contributed by atoms with E-state index >= 15 is 0 Å². The van der Waals surface area contributed by atoms with Crippen molar-refractivity contribution in [2.75, 3.05) is 0 Å². The van der Waals surface area contributed by atoms with Gasteiger partial charge in [0.05, 0.1) is 5.56 Å². The maximum Gasteiger partial charge on any atom is 0.371 e. The molecule has 1 aromatic carbocycles. The van der Waals surface area contributed by atoms with Crippen LogP contribution in [0.4, 0.5) is 0 Å². The van der Waals surface area contributed by atoms with Gasteiger partial charge in [0.1, 0.15) is 6.26 Å². The highest BCUT2D eigenvalue weighted by atomic mass is 16.4. The molecule has 0 amide bonds. The van der Waals surface area contributed by atoms with Gasteiger partial charge in [-0.05, 0) is 18.4 Å². The van der Waals surface area contributed by atoms with Gasteiger partial charge < -0.3 is 9.52 Å². The summed E-state index contributed by atoms with van der Waals surface area (Å²) < 4.78 is 4.87. The van der Waals surface area contributed by atoms with Crippen molar-refractivity contribution >= 4 is 12.0 Å². The van der Waals surface area contributed by atoms with E-state index < -0.39 is 5.97 Å². The molecular weight excluding hydrogens is 256 g/mol. The lowest BCUT2D eigenvalue weighted by atomic mass is 10.1. The Morgan fingerprint density at radius 2 is 2.00 bits per heavy atom. The van der Waals surface area contributed by atoms with Crippen molar-refractivity contribution in [3.8, 4) is 0 Å². The molecule has 0 aliphatic carbocycles. The molecule has 4 heteroatoms. The number of hydrogen-bond donors (Lipinski definition) is 1. The summed E-state index contributed by atoms with van der Waals surface area (Å²) in [6.07, 6.45) is 6.38. The van der Waals surface area contributed by atoms with Gasteiger partial charge >= 0.3 is 5.97 Å². The second-order valence-electron chi connectivity index (χ2n) is 4.30. The molecule has 0 radical (unpaired) electrons. The SMILES string of the molecule is O=C(O)c1cc(=O)c(C=CCCc2ccccc2)co1. The summed E-state index contributed by atoms with van der Waals surface area (Å²) in [5.74, 6) is -1.60. The quantitative estimate of drug-likeness (QED) is 0.906. The fourth-order valence-corrected chi connectivity index (χ4v) is 1.76. The Labute approximate surface area is 116 Å². The largest absolute Gasteiger partial charge is 0.475 e. The van der Waals surface area contributed by atoms with Gasteiger partial charge in [-0.25, -0.2) is 4.79 Å². The number of aryl methyl sites for hydroxylation is 1. The normalized spacial score (nSPS) is 10.8. The van der Waals surface area contributed by atoms with E-state index in [0.717, 1.165) is 18.9 Å². The molecule has 0 spiro atoms. The lowest BCUT2D eigenvalue weighted by Crippen LogP contribution is -2.07. The predicted octanol–water partition coefficient (Wildman–Crippen LogP) is 2.98. The van der Waals surface area contributed by atoms with Crippen molar-refractivity contribution < 1.29 is 14.3 Å². The van der Waals surface area contributed by atoms with Crippen molar-refractivity contribution in [3.63, 3.8) is 0 Å². The zero-order valence-corrected chi connectivity index (χ0v) is 10.8. The topological polar surface area (TPSA) is 67.5 Å². The van der Waals surface area contributed by atoms with E-state index in [9.17, 15) is 9.59 Å². The van der Waals surface area contributed by atoms with Gasteiger partial charge in [-0.3, -0.25) is 4.79 Å². The second kappa shape index (κ2) is 6.52. The monoisotopic (exact) mass is 270 g/mol. The summed E-state index contributed by atoms with van der Waals surface area (Å²) in [6.45, 7) is 0. The summed E-state index contributed by atoms with van der Waals surface area (Å²) in [7, 11) is 0. The van der Waals surface area contributed by atoms with Gasteiger partial charge in [0.25, 0.3) is 0 Å². The Hall–Kier alpha value is -2.62. The fraction of sp³-hybridized carbons (Fsp3) is 0.125. The van der Waals surface area contributed by atoms with Crippen LogP contribution < -0.4 is 5.43 Å². The lowest BCUT2D eigenvalue weighted by Gasteiger charge is -1.97. The molecular formula is C16H14O4. The molecule has 0 bridgehead atoms. The highest BCUT2D eigenvalue weighted by Gasteiger charge is 2.07. The maximum absolute atomic E-state index is 11.6. The number of hydrogen-bond acceptors (Lipinski definition) is 3. The van der Waals surface area contributed by atoms with Crippen molar-refractivity contribution in [2.24, 2.45) is 0 Å². The first-order valence-corrected chi connectivity index (χ1v) is 6.23. The standard InChI is InChI=1S/C16H14O4/c17-14-10-15(16(18)19)20-11-13(14)9-5-4-8-12-6-2-1-3-7-12/h1-3,5-7,9-11H,4,8H2,(H,18,19). The summed E-state index contributed by atoms with van der Waals surface area (Å²) >= 11 is 0. The number of allylic oxidation sites excluding steroid dienone is 1. The van der Waals surface area contributed by atoms with Crippen LogP contribution in [0.15, 0.2) is 57.9 Å². The van der Waals surface area contributed by atoms with Crippen LogP contribution in [0.1, 0.15) is 28.1 Å². The molecule has 0 atom stereocenters. The average molecular weight is 270 g/mol. The van der Waals surface area contributed by atoms with E-state index in [1.807, 2.05) is 36.4 Å². The zero-order chi connectivity index (χ0) is 14.4. The van der Waals surface area contributed by atoms with E-state index in [0.29, 0.717) is 5.56 Å². The number of rotatable bonds is 5. The molecule has 1 N–H and O–H groups in total. The Balaban J connectivity index is 1.98. The molecule has 20 heavy (non-hydrogen) atoms. The molecule has 1 aromatic heterocycles. The molecule has 0 saturated carbocycles. The van der Waals surface area contributed by atoms with E-state index in [2.05, 4.69) is 0 Å². The first-order chi connectivity index (χ1) is 9.66. The maximum atomic E-state index is 11.6. The van der Waals surface area contributed by atoms with E-state index in [1.165, 1.54) is 11.8 Å². The third kappa shape index (κ3) is 3.68. The Kier molecular flexibility index (Phi) is 4.50. The molecule has 0 fully saturated rings. The van der Waals surface area contributed by atoms with Crippen molar-refractivity contribution in [2.45, 2.75) is 12.8 Å². The lowest BCUT2D eigenvalue weighted by molar-refractivity contribution is 0.0659. The van der Waals surface area contributed by atoms with Crippen LogP contribution in [-0.4, -0.2) is 11.1 Å². The predicted molar refractivity (Wildman–Crippen MR) is 75.7 cm³/mol. The van der Waals surface area contributed by atoms with Crippen molar-refractivity contribution in [3.05, 3.63) is 75.8 Å². The number of carbonyl (C=O) groups is 1. The molecule has 0 aliphatic heterocycles. The number of benzene rings is 1. The van der Waals surface area contributed by atoms with Crippen LogP contribution in [-0.2, 0) is 6.42 Å². The number of carboxylic acids is 1. The Morgan fingerprint density at radius 1 is 1.25 bits per heavy atom. The van der Waals surface area contributed by atoms with Gasteiger partial charge in [0, 0.05) is 6.07 Å². The minimum atomic E-state index is -1.25. The summed E-state index contributed by atoms with van der Waals surface area (Å²) in [5, 5.41) is 8.69. The van der Waals surface area contributed by atoms with Gasteiger partial charge in [0.2, 0.25) is 5.76 Å². The molecule has 0 unspecified atom stereocenters. The molecule has 102 valence electrons. The summed E-state index contributed by atoms with van der Waals surface area (Å²) in [6, 6.07) is 11.0. The van der Waals surface area contributed by atoms with Crippen LogP contribution >= 0.6 is 0 Å². The Morgan fingerprint density at radius 3 is 2.65 bits per heavy atom. The van der Waals surface area contributed by atoms with Crippen LogP contribution in [0.5, 0.6) is 0 Å². The van der Waals surface area contributed by atoms with E-state index in [1.54, 1.807) is 6.08 Å². The van der Waals surface area contributed by atoms with Crippen LogP contribution in [0.25, 0.3) is 6.08 Å². The summed E-state index contributed by atoms with van der Waals surface area (Å²) in [4.78, 5) is 22.3. The van der Waals surface area contributed by atoms with Crippen molar-refractivity contribution in [1.82, 2.24) is 0 Å². The number of carboxylic acid groups (broad SMARTS) is 1. The molecule has 0 saturated heterocycles. The van der Waals surface area contributed by atoms with Crippen LogP contribution in [0.3, 0.4) is 0 Å². The minimum Gasteiger partial charge on any atom is -0.475 e. The summed E-state index contributed by atoms with van der Waals surface area (Å²) in [5.41, 5.74) is 1.22. The molecule has 2 aromatic rings. The molecule has 0 aliphatic rings. The van der Waals surface area contributed by atoms with Crippen LogP contribution in [0, 0.1) is 0 Å². The highest BCUT2D eigenvalue weighted by molar-refractivity contribution is 5.84. The Bertz CT molecular complexity index is 668. The smallest absolute Gasteiger partial charge is 0.371 e. The van der Waals surface area contributed by atoms with Crippen LogP contribution in [0.2, 0.25) is 0 Å². The molecule has 2 rings (SSSR count). The van der Waals surface area contributed by atoms with E-state index in [4.69, 9.17) is 9.52 Å². The first-order valence-electron chi connectivity index (χ1n) is 6.23. The zero-order valence-electron chi connectivity index (χ0n) is 10.8. The highest BCUT2D eigenvalue weighted by Crippen LogP contribution is 2.05. The first kappa shape index (κ1) is 13.8. The van der Waals surface area contributed by atoms with Gasteiger partial charge in [0.15, 0.2) is 5.43 Å².